The number of carbonyl (C=O) groups is 2. The smallest absolute Gasteiger partial charge is 0.264 e. The van der Waals surface area contributed by atoms with Gasteiger partial charge in [0.15, 0.2) is 5.60 Å². The first-order valence-corrected chi connectivity index (χ1v) is 20.3. The van der Waals surface area contributed by atoms with Gasteiger partial charge in [0.25, 0.3) is 11.8 Å². The normalized spacial score (nSPS) is 27.0. The topological polar surface area (TPSA) is 85.3 Å². The summed E-state index contributed by atoms with van der Waals surface area (Å²) in [7, 11) is -3.28. The van der Waals surface area contributed by atoms with Crippen molar-refractivity contribution in [3.63, 3.8) is 0 Å². The van der Waals surface area contributed by atoms with Crippen molar-refractivity contribution in [2.75, 3.05) is 41.1 Å². The van der Waals surface area contributed by atoms with Crippen molar-refractivity contribution in [1.82, 2.24) is 5.32 Å². The summed E-state index contributed by atoms with van der Waals surface area (Å²) < 4.78 is 23.3. The lowest BCUT2D eigenvalue weighted by molar-refractivity contribution is -0.146. The molecule has 3 saturated heterocycles. The van der Waals surface area contributed by atoms with Gasteiger partial charge in [-0.05, 0) is 93.5 Å². The number of fused-ring (bicyclic) bond motifs is 2. The molecule has 4 aliphatic rings. The van der Waals surface area contributed by atoms with E-state index in [1.165, 1.54) is 0 Å². The van der Waals surface area contributed by atoms with Gasteiger partial charge in [-0.1, -0.05) is 53.2 Å². The van der Waals surface area contributed by atoms with E-state index < -0.39 is 37.1 Å². The number of nitrogens with zero attached hydrogens (tertiary/aromatic N) is 3. The molecular formula is C36H42BrFN4O4Si. The van der Waals surface area contributed by atoms with Crippen LogP contribution in [0, 0.1) is 5.92 Å². The molecule has 3 aromatic carbocycles. The monoisotopic (exact) mass is 720 g/mol. The van der Waals surface area contributed by atoms with E-state index in [0.717, 1.165) is 58.6 Å². The first-order valence-electron chi connectivity index (χ1n) is 16.6. The molecule has 2 amide bonds. The Morgan fingerprint density at radius 3 is 2.43 bits per heavy atom. The quantitative estimate of drug-likeness (QED) is 0.227. The number of amides is 2. The minimum atomic E-state index is -3.28. The number of benzene rings is 3. The lowest BCUT2D eigenvalue weighted by Gasteiger charge is -2.39. The molecule has 0 saturated carbocycles. The molecule has 248 valence electrons. The molecule has 3 fully saturated rings. The third kappa shape index (κ3) is 5.16. The molecule has 2 spiro atoms. The van der Waals surface area contributed by atoms with Gasteiger partial charge >= 0.3 is 0 Å². The Labute approximate surface area is 285 Å². The van der Waals surface area contributed by atoms with Crippen LogP contribution in [0.25, 0.3) is 0 Å². The van der Waals surface area contributed by atoms with E-state index in [9.17, 15) is 14.7 Å². The fourth-order valence-electron chi connectivity index (χ4n) is 8.75. The highest BCUT2D eigenvalue weighted by atomic mass is 79.9. The molecule has 47 heavy (non-hydrogen) atoms. The van der Waals surface area contributed by atoms with Gasteiger partial charge in [0.05, 0.1) is 25.0 Å². The first-order chi connectivity index (χ1) is 22.5. The molecule has 3 aromatic rings. The zero-order valence-corrected chi connectivity index (χ0v) is 29.7. The summed E-state index contributed by atoms with van der Waals surface area (Å²) in [4.78, 5) is 34.8. The van der Waals surface area contributed by atoms with E-state index in [2.05, 4.69) is 38.3 Å². The van der Waals surface area contributed by atoms with Crippen LogP contribution in [0.3, 0.4) is 0 Å². The number of nitrogens with one attached hydrogen (secondary N) is 1. The summed E-state index contributed by atoms with van der Waals surface area (Å²) in [6.45, 7) is 7.38. The summed E-state index contributed by atoms with van der Waals surface area (Å²) >= 11 is 3.59. The van der Waals surface area contributed by atoms with E-state index in [1.807, 2.05) is 72.5 Å². The third-order valence-electron chi connectivity index (χ3n) is 10.8. The highest BCUT2D eigenvalue weighted by Crippen LogP contribution is 2.60. The number of anilines is 3. The zero-order chi connectivity index (χ0) is 33.1. The van der Waals surface area contributed by atoms with Crippen molar-refractivity contribution in [3.8, 4) is 0 Å². The van der Waals surface area contributed by atoms with Gasteiger partial charge in [-0.25, -0.2) is 0 Å². The van der Waals surface area contributed by atoms with E-state index in [-0.39, 0.29) is 31.4 Å². The van der Waals surface area contributed by atoms with Crippen LogP contribution in [-0.2, 0) is 26.5 Å². The largest absolute Gasteiger partial charge is 0.396 e. The molecule has 0 bridgehead atoms. The molecule has 7 rings (SSSR count). The number of rotatable bonds is 7. The molecule has 4 atom stereocenters. The molecule has 2 N–H and O–H groups in total. The average molecular weight is 722 g/mol. The number of piperidine rings is 1. The molecule has 8 nitrogen and oxygen atoms in total. The predicted molar refractivity (Wildman–Crippen MR) is 188 cm³/mol. The van der Waals surface area contributed by atoms with E-state index in [1.54, 1.807) is 18.0 Å². The van der Waals surface area contributed by atoms with Crippen LogP contribution in [0.15, 0.2) is 77.3 Å². The Balaban J connectivity index is 1.22. The lowest BCUT2D eigenvalue weighted by Crippen LogP contribution is -2.55. The van der Waals surface area contributed by atoms with Gasteiger partial charge in [-0.2, -0.15) is 0 Å². The number of ether oxygens (including phenoxy) is 1. The van der Waals surface area contributed by atoms with Crippen molar-refractivity contribution in [1.29, 1.82) is 0 Å². The number of para-hydroxylation sites is 1. The summed E-state index contributed by atoms with van der Waals surface area (Å²) in [6.07, 6.45) is 1.17. The number of aliphatic hydroxyl groups excluding tert-OH is 1. The van der Waals surface area contributed by atoms with Crippen molar-refractivity contribution in [2.45, 2.75) is 68.6 Å². The molecule has 11 heteroatoms. The zero-order valence-electron chi connectivity index (χ0n) is 27.1. The van der Waals surface area contributed by atoms with E-state index in [0.29, 0.717) is 6.67 Å². The Morgan fingerprint density at radius 2 is 1.72 bits per heavy atom. The van der Waals surface area contributed by atoms with Crippen molar-refractivity contribution in [3.05, 3.63) is 88.4 Å². The van der Waals surface area contributed by atoms with Gasteiger partial charge in [-0.15, -0.1) is 0 Å². The van der Waals surface area contributed by atoms with Crippen LogP contribution < -0.4 is 20.0 Å². The highest BCUT2D eigenvalue weighted by Gasteiger charge is 2.66. The maximum atomic E-state index is 15.9. The molecule has 0 aliphatic carbocycles. The molecule has 4 aliphatic heterocycles. The summed E-state index contributed by atoms with van der Waals surface area (Å²) in [5.41, 5.74) is 1.74. The molecule has 4 heterocycles. The Bertz CT molecular complexity index is 1680. The van der Waals surface area contributed by atoms with Crippen molar-refractivity contribution >= 4 is 53.2 Å². The van der Waals surface area contributed by atoms with Gasteiger partial charge in [-0.3, -0.25) is 14.5 Å². The minimum Gasteiger partial charge on any atom is -0.396 e. The molecule has 0 aromatic heterocycles. The van der Waals surface area contributed by atoms with Crippen LogP contribution >= 0.6 is 15.9 Å². The number of hydrogen-bond donors (Lipinski definition) is 2. The number of carbonyl (C=O) groups excluding carboxylic acids is 2. The number of aliphatic hydroxyl groups is 1. The molecule has 0 radical (unpaired) electrons. The van der Waals surface area contributed by atoms with Crippen LogP contribution in [0.4, 0.5) is 21.2 Å². The van der Waals surface area contributed by atoms with Gasteiger partial charge < -0.3 is 29.1 Å². The fourth-order valence-corrected chi connectivity index (χ4v) is 11.6. The van der Waals surface area contributed by atoms with Gasteiger partial charge in [0.2, 0.25) is 8.41 Å². The van der Waals surface area contributed by atoms with Gasteiger partial charge in [0.1, 0.15) is 5.54 Å². The average Bonchev–Trinajstić information content (AvgIpc) is 3.59. The standard InChI is InChI=1S/C36H42BrFN4O4Si/c1-24-32(47(2,3)38)31(14-19-43)46-36(24)29-21-26(37)12-13-30(29)40(34(36)45)22-25-8-7-11-28(20-25)41-23-42(27-9-5-4-6-10-27)35(33(41)44)15-17-39-18-16-35/h4-13,20-21,24,31-32,39,43H,14-19,22-23H2,1-3H3/t24-,31+,32-,36+/m1/s1. The maximum absolute atomic E-state index is 15.9. The lowest BCUT2D eigenvalue weighted by atomic mass is 9.82. The first kappa shape index (κ1) is 32.5. The van der Waals surface area contributed by atoms with Crippen LogP contribution in [-0.4, -0.2) is 63.3 Å². The number of halogens is 2. The van der Waals surface area contributed by atoms with Gasteiger partial charge in [0, 0.05) is 39.5 Å². The molecule has 0 unspecified atom stereocenters. The summed E-state index contributed by atoms with van der Waals surface area (Å²) in [5.74, 6) is -0.540. The fraction of sp³-hybridized carbons (Fsp3) is 0.444. The van der Waals surface area contributed by atoms with Crippen LogP contribution in [0.2, 0.25) is 18.6 Å². The second-order valence-corrected chi connectivity index (χ2v) is 18.6. The molecular weight excluding hydrogens is 679 g/mol. The Kier molecular flexibility index (Phi) is 8.36. The highest BCUT2D eigenvalue weighted by molar-refractivity contribution is 9.10. The summed E-state index contributed by atoms with van der Waals surface area (Å²) in [5, 5.41) is 13.3. The SMILES string of the molecule is C[C@@H]1[C@@H]([Si](C)(C)F)[C@H](CCO)O[C@@]12C(=O)N(Cc1cccc(N3CN(c4ccccc4)C4(CCNCC4)C3=O)c1)c1ccc(Br)cc12. The van der Waals surface area contributed by atoms with Crippen LogP contribution in [0.1, 0.15) is 37.3 Å². The Hall–Kier alpha value is -3.09. The van der Waals surface area contributed by atoms with Crippen LogP contribution in [0.5, 0.6) is 0 Å². The third-order valence-corrected chi connectivity index (χ3v) is 13.8. The van der Waals surface area contributed by atoms with Crippen molar-refractivity contribution in [2.24, 2.45) is 5.92 Å². The Morgan fingerprint density at radius 1 is 1.00 bits per heavy atom. The van der Waals surface area contributed by atoms with Crippen molar-refractivity contribution < 1.29 is 23.5 Å². The second kappa shape index (κ2) is 12.1. The predicted octanol–water partition coefficient (Wildman–Crippen LogP) is 6.09. The second-order valence-electron chi connectivity index (χ2n) is 13.9. The minimum absolute atomic E-state index is 0.0959. The van der Waals surface area contributed by atoms with E-state index in [4.69, 9.17) is 4.74 Å². The number of hydrogen-bond acceptors (Lipinski definition) is 6. The summed E-state index contributed by atoms with van der Waals surface area (Å²) in [6, 6.07) is 23.8. The van der Waals surface area contributed by atoms with E-state index >= 15 is 4.11 Å². The maximum Gasteiger partial charge on any atom is 0.264 e.